The van der Waals surface area contributed by atoms with Crippen LogP contribution in [-0.2, 0) is 14.3 Å². The molecule has 3 atom stereocenters. The van der Waals surface area contributed by atoms with Gasteiger partial charge >= 0.3 is 5.97 Å². The second-order valence-electron chi connectivity index (χ2n) is 4.29. The molecular weight excluding hydrogens is 222 g/mol. The van der Waals surface area contributed by atoms with Gasteiger partial charge in [-0.1, -0.05) is 13.3 Å². The first-order valence-electron chi connectivity index (χ1n) is 6.04. The molecular formula is C12H23NO4. The first-order chi connectivity index (χ1) is 7.90. The van der Waals surface area contributed by atoms with E-state index in [0.29, 0.717) is 6.61 Å². The molecule has 0 saturated carbocycles. The van der Waals surface area contributed by atoms with E-state index in [1.165, 1.54) is 0 Å². The van der Waals surface area contributed by atoms with Crippen molar-refractivity contribution < 1.29 is 19.4 Å². The molecule has 5 nitrogen and oxygen atoms in total. The van der Waals surface area contributed by atoms with E-state index in [9.17, 15) is 9.59 Å². The monoisotopic (exact) mass is 245 g/mol. The zero-order valence-electron chi connectivity index (χ0n) is 11.0. The highest BCUT2D eigenvalue weighted by Crippen LogP contribution is 2.03. The average molecular weight is 245 g/mol. The fourth-order valence-electron chi connectivity index (χ4n) is 1.16. The number of carbonyl (C=O) groups is 2. The first-order valence-corrected chi connectivity index (χ1v) is 6.04. The fraction of sp³-hybridized carbons (Fsp3) is 0.833. The quantitative estimate of drug-likeness (QED) is 0.634. The maximum Gasteiger partial charge on any atom is 0.308 e. The van der Waals surface area contributed by atoms with Crippen LogP contribution in [0.1, 0.15) is 40.5 Å². The molecule has 0 radical (unpaired) electrons. The van der Waals surface area contributed by atoms with Gasteiger partial charge in [0.1, 0.15) is 6.10 Å². The van der Waals surface area contributed by atoms with Gasteiger partial charge in [0.15, 0.2) is 0 Å². The minimum Gasteiger partial charge on any atom is -0.481 e. The molecule has 0 bridgehead atoms. The molecule has 0 saturated heterocycles. The SMILES string of the molecule is CCCCOC(C)C(=O)NC(C)C(C)C(=O)O. The Balaban J connectivity index is 4.02. The molecule has 3 unspecified atom stereocenters. The van der Waals surface area contributed by atoms with Crippen LogP contribution in [0.3, 0.4) is 0 Å². The molecule has 100 valence electrons. The lowest BCUT2D eigenvalue weighted by atomic mass is 10.0. The summed E-state index contributed by atoms with van der Waals surface area (Å²) in [5.74, 6) is -1.79. The van der Waals surface area contributed by atoms with Gasteiger partial charge in [0.25, 0.3) is 0 Å². The molecule has 0 aromatic rings. The van der Waals surface area contributed by atoms with Crippen LogP contribution in [-0.4, -0.2) is 35.7 Å². The minimum atomic E-state index is -0.919. The molecule has 0 aromatic heterocycles. The van der Waals surface area contributed by atoms with E-state index in [1.807, 2.05) is 6.92 Å². The van der Waals surface area contributed by atoms with Crippen molar-refractivity contribution in [3.05, 3.63) is 0 Å². The number of aliphatic carboxylic acids is 1. The Morgan fingerprint density at radius 3 is 2.35 bits per heavy atom. The average Bonchev–Trinajstić information content (AvgIpc) is 2.27. The van der Waals surface area contributed by atoms with E-state index < -0.39 is 24.0 Å². The highest BCUT2D eigenvalue weighted by atomic mass is 16.5. The van der Waals surface area contributed by atoms with Crippen LogP contribution in [0.15, 0.2) is 0 Å². The van der Waals surface area contributed by atoms with Gasteiger partial charge in [0.2, 0.25) is 5.91 Å². The molecule has 0 heterocycles. The molecule has 2 N–H and O–H groups in total. The van der Waals surface area contributed by atoms with Crippen LogP contribution in [0.25, 0.3) is 0 Å². The van der Waals surface area contributed by atoms with Crippen LogP contribution < -0.4 is 5.32 Å². The summed E-state index contributed by atoms with van der Waals surface area (Å²) >= 11 is 0. The van der Waals surface area contributed by atoms with Crippen molar-refractivity contribution in [3.63, 3.8) is 0 Å². The van der Waals surface area contributed by atoms with Gasteiger partial charge in [-0.25, -0.2) is 0 Å². The normalized spacial score (nSPS) is 16.0. The third kappa shape index (κ3) is 6.26. The molecule has 17 heavy (non-hydrogen) atoms. The summed E-state index contributed by atoms with van der Waals surface area (Å²) in [5, 5.41) is 11.4. The van der Waals surface area contributed by atoms with Crippen LogP contribution in [0.2, 0.25) is 0 Å². The Bertz CT molecular complexity index is 255. The smallest absolute Gasteiger partial charge is 0.308 e. The third-order valence-electron chi connectivity index (χ3n) is 2.74. The Hall–Kier alpha value is -1.10. The minimum absolute atomic E-state index is 0.262. The lowest BCUT2D eigenvalue weighted by Gasteiger charge is -2.20. The van der Waals surface area contributed by atoms with Crippen LogP contribution in [0, 0.1) is 5.92 Å². The summed E-state index contributed by atoms with van der Waals surface area (Å²) < 4.78 is 5.33. The summed E-state index contributed by atoms with van der Waals surface area (Å²) in [6.45, 7) is 7.51. The zero-order valence-corrected chi connectivity index (χ0v) is 11.0. The summed E-state index contributed by atoms with van der Waals surface area (Å²) in [7, 11) is 0. The maximum atomic E-state index is 11.6. The second-order valence-corrected chi connectivity index (χ2v) is 4.29. The van der Waals surface area contributed by atoms with Crippen molar-refractivity contribution in [3.8, 4) is 0 Å². The predicted molar refractivity (Wildman–Crippen MR) is 64.7 cm³/mol. The zero-order chi connectivity index (χ0) is 13.4. The Morgan fingerprint density at radius 2 is 1.88 bits per heavy atom. The fourth-order valence-corrected chi connectivity index (χ4v) is 1.16. The highest BCUT2D eigenvalue weighted by Gasteiger charge is 2.23. The summed E-state index contributed by atoms with van der Waals surface area (Å²) in [6, 6.07) is -0.405. The van der Waals surface area contributed by atoms with E-state index in [4.69, 9.17) is 9.84 Å². The summed E-state index contributed by atoms with van der Waals surface area (Å²) in [6.07, 6.45) is 1.39. The maximum absolute atomic E-state index is 11.6. The number of carboxylic acid groups (broad SMARTS) is 1. The molecule has 1 amide bonds. The number of hydrogen-bond acceptors (Lipinski definition) is 3. The summed E-state index contributed by atoms with van der Waals surface area (Å²) in [4.78, 5) is 22.4. The second kappa shape index (κ2) is 8.06. The van der Waals surface area contributed by atoms with Crippen molar-refractivity contribution >= 4 is 11.9 Å². The van der Waals surface area contributed by atoms with E-state index in [0.717, 1.165) is 12.8 Å². The Labute approximate surface area is 103 Å². The van der Waals surface area contributed by atoms with Gasteiger partial charge < -0.3 is 15.2 Å². The lowest BCUT2D eigenvalue weighted by molar-refractivity contribution is -0.142. The largest absolute Gasteiger partial charge is 0.481 e. The van der Waals surface area contributed by atoms with Gasteiger partial charge in [-0.2, -0.15) is 0 Å². The topological polar surface area (TPSA) is 75.6 Å². The number of amides is 1. The lowest BCUT2D eigenvalue weighted by Crippen LogP contribution is -2.44. The first kappa shape index (κ1) is 15.9. The number of unbranched alkanes of at least 4 members (excludes halogenated alkanes) is 1. The van der Waals surface area contributed by atoms with Crippen molar-refractivity contribution in [2.45, 2.75) is 52.7 Å². The number of ether oxygens (including phenoxy) is 1. The van der Waals surface area contributed by atoms with Gasteiger partial charge in [-0.15, -0.1) is 0 Å². The van der Waals surface area contributed by atoms with Crippen molar-refractivity contribution in [2.75, 3.05) is 6.61 Å². The Morgan fingerprint density at radius 1 is 1.29 bits per heavy atom. The van der Waals surface area contributed by atoms with Gasteiger partial charge in [-0.05, 0) is 27.2 Å². The molecule has 0 aliphatic rings. The standard InChI is InChI=1S/C12H23NO4/c1-5-6-7-17-10(4)11(14)13-9(3)8(2)12(15)16/h8-10H,5-7H2,1-4H3,(H,13,14)(H,15,16). The summed E-state index contributed by atoms with van der Waals surface area (Å²) in [5.41, 5.74) is 0. The molecule has 0 fully saturated rings. The van der Waals surface area contributed by atoms with E-state index >= 15 is 0 Å². The van der Waals surface area contributed by atoms with Gasteiger partial charge in [0, 0.05) is 12.6 Å². The van der Waals surface area contributed by atoms with Gasteiger partial charge in [0.05, 0.1) is 5.92 Å². The van der Waals surface area contributed by atoms with Crippen molar-refractivity contribution in [2.24, 2.45) is 5.92 Å². The molecule has 0 aliphatic carbocycles. The van der Waals surface area contributed by atoms with Crippen molar-refractivity contribution in [1.82, 2.24) is 5.32 Å². The number of rotatable bonds is 8. The van der Waals surface area contributed by atoms with Crippen LogP contribution in [0.5, 0.6) is 0 Å². The molecule has 5 heteroatoms. The van der Waals surface area contributed by atoms with E-state index in [2.05, 4.69) is 5.32 Å². The van der Waals surface area contributed by atoms with E-state index in [-0.39, 0.29) is 5.91 Å². The number of carboxylic acids is 1. The molecule has 0 spiro atoms. The number of hydrogen-bond donors (Lipinski definition) is 2. The Kier molecular flexibility index (Phi) is 7.54. The molecule has 0 aromatic carbocycles. The third-order valence-corrected chi connectivity index (χ3v) is 2.74. The highest BCUT2D eigenvalue weighted by molar-refractivity contribution is 5.81. The predicted octanol–water partition coefficient (Wildman–Crippen LogP) is 1.42. The number of nitrogens with one attached hydrogen (secondary N) is 1. The van der Waals surface area contributed by atoms with Crippen LogP contribution in [0.4, 0.5) is 0 Å². The van der Waals surface area contributed by atoms with E-state index in [1.54, 1.807) is 20.8 Å². The van der Waals surface area contributed by atoms with Gasteiger partial charge in [-0.3, -0.25) is 9.59 Å². The van der Waals surface area contributed by atoms with Crippen LogP contribution >= 0.6 is 0 Å². The molecule has 0 rings (SSSR count). The molecule has 0 aliphatic heterocycles. The number of carbonyl (C=O) groups excluding carboxylic acids is 1. The van der Waals surface area contributed by atoms with Crippen molar-refractivity contribution in [1.29, 1.82) is 0 Å².